The Balaban J connectivity index is 1.93. The molecule has 3 amide bonds. The van der Waals surface area contributed by atoms with Gasteiger partial charge in [0.15, 0.2) is 0 Å². The fraction of sp³-hybridized carbons (Fsp3) is 0.471. The molecule has 6 heteroatoms. The van der Waals surface area contributed by atoms with Gasteiger partial charge in [-0.1, -0.05) is 19.9 Å². The van der Waals surface area contributed by atoms with Crippen LogP contribution in [-0.4, -0.2) is 35.7 Å². The number of amides is 3. The van der Waals surface area contributed by atoms with E-state index in [1.807, 2.05) is 13.8 Å². The van der Waals surface area contributed by atoms with Crippen LogP contribution in [0.25, 0.3) is 0 Å². The Kier molecular flexibility index (Phi) is 5.73. The maximum Gasteiger partial charge on any atom is 0.243 e. The van der Waals surface area contributed by atoms with Gasteiger partial charge in [-0.3, -0.25) is 14.4 Å². The van der Waals surface area contributed by atoms with Gasteiger partial charge in [-0.2, -0.15) is 0 Å². The molecule has 23 heavy (non-hydrogen) atoms. The van der Waals surface area contributed by atoms with Gasteiger partial charge < -0.3 is 15.5 Å². The van der Waals surface area contributed by atoms with Crippen molar-refractivity contribution in [3.05, 3.63) is 24.3 Å². The highest BCUT2D eigenvalue weighted by Gasteiger charge is 2.20. The average Bonchev–Trinajstić information content (AvgIpc) is 2.49. The first kappa shape index (κ1) is 17.0. The molecule has 0 spiro atoms. The molecule has 1 aliphatic heterocycles. The van der Waals surface area contributed by atoms with E-state index < -0.39 is 0 Å². The molecule has 0 unspecified atom stereocenters. The summed E-state index contributed by atoms with van der Waals surface area (Å²) in [5.74, 6) is -0.386. The second kappa shape index (κ2) is 7.76. The Labute approximate surface area is 136 Å². The molecule has 1 aliphatic rings. The van der Waals surface area contributed by atoms with Crippen molar-refractivity contribution in [2.75, 3.05) is 23.7 Å². The quantitative estimate of drug-likeness (QED) is 0.874. The lowest BCUT2D eigenvalue weighted by Gasteiger charge is -2.26. The predicted molar refractivity (Wildman–Crippen MR) is 89.0 cm³/mol. The molecule has 1 aromatic rings. The minimum Gasteiger partial charge on any atom is -0.333 e. The standard InChI is InChI=1S/C17H23N3O3/c1-12(2)17(23)19-14-7-5-6-13(10-14)18-15(21)11-20-9-4-3-8-16(20)22/h5-7,10,12H,3-4,8-9,11H2,1-2H3,(H,18,21)(H,19,23). The van der Waals surface area contributed by atoms with Gasteiger partial charge in [0.05, 0.1) is 6.54 Å². The van der Waals surface area contributed by atoms with Crippen LogP contribution in [0.2, 0.25) is 0 Å². The van der Waals surface area contributed by atoms with E-state index in [4.69, 9.17) is 0 Å². The first-order chi connectivity index (χ1) is 11.0. The highest BCUT2D eigenvalue weighted by Crippen LogP contribution is 2.16. The van der Waals surface area contributed by atoms with Crippen molar-refractivity contribution < 1.29 is 14.4 Å². The van der Waals surface area contributed by atoms with Gasteiger partial charge >= 0.3 is 0 Å². The molecule has 0 aromatic heterocycles. The molecule has 124 valence electrons. The third-order valence-electron chi connectivity index (χ3n) is 3.69. The van der Waals surface area contributed by atoms with Crippen LogP contribution in [-0.2, 0) is 14.4 Å². The van der Waals surface area contributed by atoms with Gasteiger partial charge in [-0.25, -0.2) is 0 Å². The number of hydrogen-bond acceptors (Lipinski definition) is 3. The smallest absolute Gasteiger partial charge is 0.243 e. The average molecular weight is 317 g/mol. The Morgan fingerprint density at radius 3 is 2.52 bits per heavy atom. The summed E-state index contributed by atoms with van der Waals surface area (Å²) in [5.41, 5.74) is 1.23. The van der Waals surface area contributed by atoms with E-state index in [9.17, 15) is 14.4 Å². The molecule has 0 radical (unpaired) electrons. The number of piperidine rings is 1. The van der Waals surface area contributed by atoms with Crippen molar-refractivity contribution >= 4 is 29.1 Å². The van der Waals surface area contributed by atoms with Crippen molar-refractivity contribution in [3.8, 4) is 0 Å². The van der Waals surface area contributed by atoms with Crippen molar-refractivity contribution in [1.29, 1.82) is 0 Å². The maximum absolute atomic E-state index is 12.1. The minimum absolute atomic E-state index is 0.0318. The molecule has 2 rings (SSSR count). The van der Waals surface area contributed by atoms with Crippen LogP contribution >= 0.6 is 0 Å². The van der Waals surface area contributed by atoms with Crippen molar-refractivity contribution in [2.24, 2.45) is 5.92 Å². The second-order valence-electron chi connectivity index (χ2n) is 6.05. The van der Waals surface area contributed by atoms with Gasteiger partial charge in [-0.05, 0) is 31.0 Å². The Bertz CT molecular complexity index is 599. The maximum atomic E-state index is 12.1. The molecular weight excluding hydrogens is 294 g/mol. The summed E-state index contributed by atoms with van der Waals surface area (Å²) < 4.78 is 0. The number of hydrogen-bond donors (Lipinski definition) is 2. The van der Waals surface area contributed by atoms with Gasteiger partial charge in [-0.15, -0.1) is 0 Å². The van der Waals surface area contributed by atoms with Crippen LogP contribution in [0, 0.1) is 5.92 Å². The molecule has 6 nitrogen and oxygen atoms in total. The van der Waals surface area contributed by atoms with E-state index in [1.165, 1.54) is 0 Å². The zero-order chi connectivity index (χ0) is 16.8. The van der Waals surface area contributed by atoms with Crippen LogP contribution in [0.15, 0.2) is 24.3 Å². The zero-order valence-corrected chi connectivity index (χ0v) is 13.6. The number of nitrogens with zero attached hydrogens (tertiary/aromatic N) is 1. The molecule has 1 fully saturated rings. The number of benzene rings is 1. The summed E-state index contributed by atoms with van der Waals surface area (Å²) in [7, 11) is 0. The van der Waals surface area contributed by atoms with E-state index >= 15 is 0 Å². The van der Waals surface area contributed by atoms with Crippen LogP contribution in [0.1, 0.15) is 33.1 Å². The van der Waals surface area contributed by atoms with Gasteiger partial charge in [0.2, 0.25) is 17.7 Å². The fourth-order valence-corrected chi connectivity index (χ4v) is 2.36. The minimum atomic E-state index is -0.229. The summed E-state index contributed by atoms with van der Waals surface area (Å²) in [4.78, 5) is 37.1. The molecule has 1 aromatic carbocycles. The fourth-order valence-electron chi connectivity index (χ4n) is 2.36. The largest absolute Gasteiger partial charge is 0.333 e. The van der Waals surface area contributed by atoms with Gasteiger partial charge in [0.25, 0.3) is 0 Å². The molecule has 1 heterocycles. The molecule has 2 N–H and O–H groups in total. The highest BCUT2D eigenvalue weighted by atomic mass is 16.2. The Hall–Kier alpha value is -2.37. The Morgan fingerprint density at radius 1 is 1.17 bits per heavy atom. The van der Waals surface area contributed by atoms with Crippen molar-refractivity contribution in [3.63, 3.8) is 0 Å². The first-order valence-corrected chi connectivity index (χ1v) is 7.94. The number of carbonyl (C=O) groups excluding carboxylic acids is 3. The zero-order valence-electron chi connectivity index (χ0n) is 13.6. The number of nitrogens with one attached hydrogen (secondary N) is 2. The summed E-state index contributed by atoms with van der Waals surface area (Å²) in [5, 5.41) is 5.56. The molecular formula is C17H23N3O3. The van der Waals surface area contributed by atoms with Gasteiger partial charge in [0, 0.05) is 30.3 Å². The predicted octanol–water partition coefficient (Wildman–Crippen LogP) is 2.23. The lowest BCUT2D eigenvalue weighted by Crippen LogP contribution is -2.40. The van der Waals surface area contributed by atoms with Crippen LogP contribution in [0.3, 0.4) is 0 Å². The van der Waals surface area contributed by atoms with E-state index in [0.29, 0.717) is 24.3 Å². The molecule has 0 aliphatic carbocycles. The molecule has 0 atom stereocenters. The van der Waals surface area contributed by atoms with E-state index in [0.717, 1.165) is 12.8 Å². The second-order valence-corrected chi connectivity index (χ2v) is 6.05. The van der Waals surface area contributed by atoms with E-state index in [-0.39, 0.29) is 30.2 Å². The summed E-state index contributed by atoms with van der Waals surface area (Å²) >= 11 is 0. The lowest BCUT2D eigenvalue weighted by atomic mass is 10.1. The lowest BCUT2D eigenvalue weighted by molar-refractivity contribution is -0.136. The number of likely N-dealkylation sites (tertiary alicyclic amines) is 1. The van der Waals surface area contributed by atoms with E-state index in [1.54, 1.807) is 29.2 Å². The third-order valence-corrected chi connectivity index (χ3v) is 3.69. The Morgan fingerprint density at radius 2 is 1.87 bits per heavy atom. The van der Waals surface area contributed by atoms with E-state index in [2.05, 4.69) is 10.6 Å². The first-order valence-electron chi connectivity index (χ1n) is 7.94. The number of anilines is 2. The van der Waals surface area contributed by atoms with Crippen LogP contribution in [0.5, 0.6) is 0 Å². The van der Waals surface area contributed by atoms with Crippen molar-refractivity contribution in [1.82, 2.24) is 4.90 Å². The normalized spacial score (nSPS) is 14.7. The summed E-state index contributed by atoms with van der Waals surface area (Å²) in [6, 6.07) is 6.98. The molecule has 0 saturated carbocycles. The molecule has 0 bridgehead atoms. The van der Waals surface area contributed by atoms with Crippen molar-refractivity contribution in [2.45, 2.75) is 33.1 Å². The van der Waals surface area contributed by atoms with Crippen LogP contribution in [0.4, 0.5) is 11.4 Å². The SMILES string of the molecule is CC(C)C(=O)Nc1cccc(NC(=O)CN2CCCCC2=O)c1. The monoisotopic (exact) mass is 317 g/mol. The topological polar surface area (TPSA) is 78.5 Å². The third kappa shape index (κ3) is 5.09. The van der Waals surface area contributed by atoms with Crippen LogP contribution < -0.4 is 10.6 Å². The number of rotatable bonds is 5. The van der Waals surface area contributed by atoms with Gasteiger partial charge in [0.1, 0.15) is 0 Å². The summed E-state index contributed by atoms with van der Waals surface area (Å²) in [6.07, 6.45) is 2.36. The number of carbonyl (C=O) groups is 3. The summed E-state index contributed by atoms with van der Waals surface area (Å²) in [6.45, 7) is 4.34. The molecule has 1 saturated heterocycles. The highest BCUT2D eigenvalue weighted by molar-refractivity contribution is 5.96.